The maximum Gasteiger partial charge on any atom is 0.187 e. The van der Waals surface area contributed by atoms with E-state index < -0.39 is 0 Å². The van der Waals surface area contributed by atoms with Crippen LogP contribution in [0.4, 0.5) is 0 Å². The minimum absolute atomic E-state index is 0.157. The van der Waals surface area contributed by atoms with E-state index in [1.807, 2.05) is 13.8 Å². The lowest BCUT2D eigenvalue weighted by molar-refractivity contribution is -0.763. The summed E-state index contributed by atoms with van der Waals surface area (Å²) >= 11 is 0. The molecule has 1 heterocycles. The van der Waals surface area contributed by atoms with E-state index in [4.69, 9.17) is 0 Å². The third-order valence-electron chi connectivity index (χ3n) is 2.35. The van der Waals surface area contributed by atoms with Crippen LogP contribution in [0, 0.1) is 0 Å². The van der Waals surface area contributed by atoms with Gasteiger partial charge in [-0.3, -0.25) is 0 Å². The van der Waals surface area contributed by atoms with Crippen molar-refractivity contribution in [3.63, 3.8) is 0 Å². The highest BCUT2D eigenvalue weighted by Gasteiger charge is 2.31. The molecule has 1 heteroatoms. The van der Waals surface area contributed by atoms with Crippen molar-refractivity contribution < 1.29 is 4.57 Å². The highest BCUT2D eigenvalue weighted by Crippen LogP contribution is 2.20. The zero-order valence-electron chi connectivity index (χ0n) is 12.3. The first-order valence-electron chi connectivity index (χ1n) is 6.24. The molecule has 92 valence electrons. The summed E-state index contributed by atoms with van der Waals surface area (Å²) in [7, 11) is 0. The standard InChI is InChI=1S/C13H22N.C2H6/c1-12(2,3)11-9-7-8-10-14(11)13(4,5)6;1-2/h7-10H,1-6H3;1-2H3/q+1;. The maximum absolute atomic E-state index is 2.35. The molecule has 1 rings (SSSR count). The van der Waals surface area contributed by atoms with Crippen molar-refractivity contribution >= 4 is 0 Å². The average molecular weight is 222 g/mol. The molecule has 1 aromatic heterocycles. The zero-order valence-corrected chi connectivity index (χ0v) is 12.3. The van der Waals surface area contributed by atoms with Gasteiger partial charge in [0.1, 0.15) is 0 Å². The van der Waals surface area contributed by atoms with Crippen LogP contribution in [0.3, 0.4) is 0 Å². The quantitative estimate of drug-likeness (QED) is 0.583. The van der Waals surface area contributed by atoms with Crippen molar-refractivity contribution in [2.45, 2.75) is 66.3 Å². The summed E-state index contributed by atoms with van der Waals surface area (Å²) in [6, 6.07) is 6.43. The molecule has 0 saturated heterocycles. The minimum atomic E-state index is 0.157. The van der Waals surface area contributed by atoms with Crippen molar-refractivity contribution in [1.29, 1.82) is 0 Å². The van der Waals surface area contributed by atoms with Gasteiger partial charge in [0.05, 0.1) is 0 Å². The van der Waals surface area contributed by atoms with Crippen LogP contribution in [0.2, 0.25) is 0 Å². The molecule has 1 nitrogen and oxygen atoms in total. The van der Waals surface area contributed by atoms with Crippen LogP contribution in [0.15, 0.2) is 24.4 Å². The normalized spacial score (nSPS) is 11.8. The first kappa shape index (κ1) is 15.2. The first-order chi connectivity index (χ1) is 7.23. The van der Waals surface area contributed by atoms with Crippen LogP contribution in [-0.4, -0.2) is 0 Å². The summed E-state index contributed by atoms with van der Waals surface area (Å²) in [5, 5.41) is 0. The van der Waals surface area contributed by atoms with Crippen LogP contribution >= 0.6 is 0 Å². The molecule has 1 aromatic rings. The van der Waals surface area contributed by atoms with Gasteiger partial charge in [-0.25, -0.2) is 0 Å². The van der Waals surface area contributed by atoms with Crippen LogP contribution in [-0.2, 0) is 11.0 Å². The van der Waals surface area contributed by atoms with E-state index in [9.17, 15) is 0 Å². The van der Waals surface area contributed by atoms with Crippen molar-refractivity contribution in [2.75, 3.05) is 0 Å². The number of rotatable bonds is 0. The molecule has 0 spiro atoms. The van der Waals surface area contributed by atoms with Crippen LogP contribution in [0.5, 0.6) is 0 Å². The van der Waals surface area contributed by atoms with Gasteiger partial charge in [0.2, 0.25) is 0 Å². The molecular formula is C15H28N+. The Labute approximate surface area is 102 Å². The molecule has 0 N–H and O–H groups in total. The van der Waals surface area contributed by atoms with E-state index in [0.717, 1.165) is 0 Å². The Morgan fingerprint density at radius 3 is 1.69 bits per heavy atom. The monoisotopic (exact) mass is 222 g/mol. The highest BCUT2D eigenvalue weighted by atomic mass is 15.0. The Morgan fingerprint density at radius 1 is 0.875 bits per heavy atom. The topological polar surface area (TPSA) is 3.88 Å². The third kappa shape index (κ3) is 3.96. The van der Waals surface area contributed by atoms with Gasteiger partial charge < -0.3 is 0 Å². The Balaban J connectivity index is 0.00000106. The zero-order chi connectivity index (χ0) is 13.0. The van der Waals surface area contributed by atoms with Crippen molar-refractivity contribution in [2.24, 2.45) is 0 Å². The van der Waals surface area contributed by atoms with Crippen LogP contribution in [0.1, 0.15) is 61.1 Å². The van der Waals surface area contributed by atoms with Crippen molar-refractivity contribution in [3.05, 3.63) is 30.1 Å². The molecule has 0 bridgehead atoms. The van der Waals surface area contributed by atoms with Gasteiger partial charge in [0.15, 0.2) is 17.4 Å². The molecule has 0 saturated carbocycles. The second-order valence-corrected chi connectivity index (χ2v) is 5.88. The molecular weight excluding hydrogens is 194 g/mol. The summed E-state index contributed by atoms with van der Waals surface area (Å²) in [5.74, 6) is 0. The maximum atomic E-state index is 2.35. The van der Waals surface area contributed by atoms with Crippen molar-refractivity contribution in [1.82, 2.24) is 0 Å². The molecule has 0 unspecified atom stereocenters. The first-order valence-corrected chi connectivity index (χ1v) is 6.24. The van der Waals surface area contributed by atoms with E-state index in [0.29, 0.717) is 0 Å². The SMILES string of the molecule is CC.CC(C)(C)c1cccc[n+]1C(C)(C)C. The van der Waals surface area contributed by atoms with Gasteiger partial charge in [0.25, 0.3) is 0 Å². The Kier molecular flexibility index (Phi) is 5.18. The van der Waals surface area contributed by atoms with Gasteiger partial charge in [-0.2, -0.15) is 4.57 Å². The highest BCUT2D eigenvalue weighted by molar-refractivity contribution is 5.07. The van der Waals surface area contributed by atoms with Gasteiger partial charge >= 0.3 is 0 Å². The van der Waals surface area contributed by atoms with E-state index >= 15 is 0 Å². The van der Waals surface area contributed by atoms with E-state index in [1.165, 1.54) is 5.69 Å². The summed E-state index contributed by atoms with van der Waals surface area (Å²) in [5.41, 5.74) is 1.74. The summed E-state index contributed by atoms with van der Waals surface area (Å²) in [4.78, 5) is 0. The van der Waals surface area contributed by atoms with Gasteiger partial charge in [-0.15, -0.1) is 0 Å². The smallest absolute Gasteiger partial charge is 0.187 e. The van der Waals surface area contributed by atoms with Crippen LogP contribution < -0.4 is 4.57 Å². The third-order valence-corrected chi connectivity index (χ3v) is 2.35. The van der Waals surface area contributed by atoms with E-state index in [1.54, 1.807) is 0 Å². The van der Waals surface area contributed by atoms with E-state index in [-0.39, 0.29) is 11.0 Å². The molecule has 0 fully saturated rings. The molecule has 0 aliphatic heterocycles. The van der Waals surface area contributed by atoms with Gasteiger partial charge in [0, 0.05) is 38.3 Å². The fraction of sp³-hybridized carbons (Fsp3) is 0.667. The molecule has 0 radical (unpaired) electrons. The number of aromatic nitrogens is 1. The second kappa shape index (κ2) is 5.47. The molecule has 0 aliphatic carbocycles. The second-order valence-electron chi connectivity index (χ2n) is 5.88. The lowest BCUT2D eigenvalue weighted by atomic mass is 9.89. The predicted octanol–water partition coefficient (Wildman–Crippen LogP) is 4.05. The lowest BCUT2D eigenvalue weighted by Gasteiger charge is -2.23. The summed E-state index contributed by atoms with van der Waals surface area (Å²) < 4.78 is 2.35. The Bertz CT molecular complexity index is 280. The fourth-order valence-electron chi connectivity index (χ4n) is 1.64. The Hall–Kier alpha value is -0.850. The van der Waals surface area contributed by atoms with Crippen molar-refractivity contribution in [3.8, 4) is 0 Å². The number of nitrogens with zero attached hydrogens (tertiary/aromatic N) is 1. The van der Waals surface area contributed by atoms with E-state index in [2.05, 4.69) is 70.5 Å². The van der Waals surface area contributed by atoms with Gasteiger partial charge in [-0.05, 0) is 0 Å². The molecule has 0 aromatic carbocycles. The molecule has 0 atom stereocenters. The lowest BCUT2D eigenvalue weighted by Crippen LogP contribution is -2.55. The minimum Gasteiger partial charge on any atom is -0.198 e. The Morgan fingerprint density at radius 2 is 1.38 bits per heavy atom. The average Bonchev–Trinajstić information content (AvgIpc) is 2.18. The number of pyridine rings is 1. The summed E-state index contributed by atoms with van der Waals surface area (Å²) in [6.45, 7) is 17.5. The molecule has 0 amide bonds. The summed E-state index contributed by atoms with van der Waals surface area (Å²) in [6.07, 6.45) is 2.17. The van der Waals surface area contributed by atoms with Gasteiger partial charge in [-0.1, -0.05) is 40.7 Å². The number of hydrogen-bond acceptors (Lipinski definition) is 0. The largest absolute Gasteiger partial charge is 0.198 e. The molecule has 0 aliphatic rings. The molecule has 16 heavy (non-hydrogen) atoms. The predicted molar refractivity (Wildman–Crippen MR) is 71.7 cm³/mol. The fourth-order valence-corrected chi connectivity index (χ4v) is 1.64. The van der Waals surface area contributed by atoms with Crippen LogP contribution in [0.25, 0.3) is 0 Å². The number of hydrogen-bond donors (Lipinski definition) is 0.